The zero-order chi connectivity index (χ0) is 25.2. The number of aliphatic imine (C=N–C) groups is 1. The van der Waals surface area contributed by atoms with Gasteiger partial charge in [-0.25, -0.2) is 27.9 Å². The van der Waals surface area contributed by atoms with Crippen LogP contribution < -0.4 is 5.32 Å². The molecular weight excluding hydrogens is 485 g/mol. The van der Waals surface area contributed by atoms with Crippen molar-refractivity contribution in [3.63, 3.8) is 0 Å². The van der Waals surface area contributed by atoms with Crippen LogP contribution in [0.4, 0.5) is 13.2 Å². The molecule has 1 fully saturated rings. The average Bonchev–Trinajstić information content (AvgIpc) is 3.33. The lowest BCUT2D eigenvalue weighted by Crippen LogP contribution is -2.54. The number of ether oxygens (including phenoxy) is 1. The lowest BCUT2D eigenvalue weighted by molar-refractivity contribution is -0.180. The van der Waals surface area contributed by atoms with E-state index >= 15 is 0 Å². The number of rotatable bonds is 8. The first-order valence-electron chi connectivity index (χ1n) is 10.8. The van der Waals surface area contributed by atoms with E-state index in [1.165, 1.54) is 40.5 Å². The number of nitrogens with zero attached hydrogens (tertiary/aromatic N) is 3. The van der Waals surface area contributed by atoms with Crippen molar-refractivity contribution in [2.24, 2.45) is 4.99 Å². The van der Waals surface area contributed by atoms with Gasteiger partial charge in [0, 0.05) is 35.9 Å². The number of aliphatic carboxylic acids is 1. The Kier molecular flexibility index (Phi) is 7.06. The molecule has 1 saturated heterocycles. The maximum absolute atomic E-state index is 14.7. The molecule has 2 aromatic rings. The van der Waals surface area contributed by atoms with Crippen LogP contribution in [0.2, 0.25) is 0 Å². The Morgan fingerprint density at radius 3 is 2.71 bits per heavy atom. The van der Waals surface area contributed by atoms with Crippen molar-refractivity contribution in [3.05, 3.63) is 63.5 Å². The second kappa shape index (κ2) is 9.88. The number of nitrogens with one attached hydrogen (secondary N) is 1. The van der Waals surface area contributed by atoms with E-state index in [1.54, 1.807) is 18.5 Å². The summed E-state index contributed by atoms with van der Waals surface area (Å²) >= 11 is 1.32. The second-order valence-corrected chi connectivity index (χ2v) is 9.36. The number of piperidine rings is 1. The van der Waals surface area contributed by atoms with Gasteiger partial charge in [-0.3, -0.25) is 9.69 Å². The molecule has 0 amide bonds. The van der Waals surface area contributed by atoms with Crippen molar-refractivity contribution in [2.45, 2.75) is 30.9 Å². The molecule has 0 saturated carbocycles. The number of aromatic nitrogens is 1. The van der Waals surface area contributed by atoms with Crippen LogP contribution in [-0.4, -0.2) is 71.3 Å². The standard InChI is InChI=1S/C23H23F3N4O4S/c1-22(14-2-4-15(24)5-3-14)16(11-31)17(28-20(29-22)21-27-7-9-35-21)10-30-8-6-18(23(25,26)13-30)34-12-19(32)33/h2-5,7,9,11,18H,6,8,10,12-13H2,1H3,(H,28,29)(H,32,33)/t18?,22-/m1/s1. The predicted molar refractivity (Wildman–Crippen MR) is 122 cm³/mol. The molecule has 1 aromatic heterocycles. The molecule has 1 unspecified atom stereocenters. The largest absolute Gasteiger partial charge is 0.480 e. The number of carbonyl (C=O) groups excluding carboxylic acids is 1. The third-order valence-corrected chi connectivity index (χ3v) is 6.80. The summed E-state index contributed by atoms with van der Waals surface area (Å²) in [6.07, 6.45) is 0.646. The molecule has 0 aliphatic carbocycles. The van der Waals surface area contributed by atoms with Crippen molar-refractivity contribution in [3.8, 4) is 0 Å². The molecule has 8 nitrogen and oxygen atoms in total. The summed E-state index contributed by atoms with van der Waals surface area (Å²) in [4.78, 5) is 33.5. The monoisotopic (exact) mass is 508 g/mol. The van der Waals surface area contributed by atoms with Crippen LogP contribution in [0.25, 0.3) is 0 Å². The van der Waals surface area contributed by atoms with E-state index in [0.717, 1.165) is 0 Å². The normalized spacial score (nSPS) is 24.6. The molecule has 2 atom stereocenters. The smallest absolute Gasteiger partial charge is 0.329 e. The molecule has 4 rings (SSSR count). The minimum absolute atomic E-state index is 0.0174. The number of halogens is 3. The first-order valence-corrected chi connectivity index (χ1v) is 11.7. The molecule has 3 heterocycles. The number of benzene rings is 1. The molecule has 2 aliphatic rings. The summed E-state index contributed by atoms with van der Waals surface area (Å²) in [6, 6.07) is 5.60. The fourth-order valence-electron chi connectivity index (χ4n) is 4.29. The van der Waals surface area contributed by atoms with Crippen molar-refractivity contribution in [1.29, 1.82) is 0 Å². The summed E-state index contributed by atoms with van der Waals surface area (Å²) in [5.74, 6) is -4.66. The van der Waals surface area contributed by atoms with Gasteiger partial charge < -0.3 is 15.2 Å². The fourth-order valence-corrected chi connectivity index (χ4v) is 4.87. The van der Waals surface area contributed by atoms with Crippen LogP contribution in [0.5, 0.6) is 0 Å². The van der Waals surface area contributed by atoms with Gasteiger partial charge in [0.2, 0.25) is 0 Å². The zero-order valence-electron chi connectivity index (χ0n) is 18.7. The van der Waals surface area contributed by atoms with E-state index < -0.39 is 42.5 Å². The molecular formula is C23H23F3N4O4S. The highest BCUT2D eigenvalue weighted by atomic mass is 32.1. The highest BCUT2D eigenvalue weighted by molar-refractivity contribution is 7.11. The Morgan fingerprint density at radius 2 is 2.11 bits per heavy atom. The van der Waals surface area contributed by atoms with Crippen molar-refractivity contribution < 1.29 is 32.6 Å². The van der Waals surface area contributed by atoms with Crippen LogP contribution >= 0.6 is 11.3 Å². The first-order chi connectivity index (χ1) is 16.6. The average molecular weight is 509 g/mol. The lowest BCUT2D eigenvalue weighted by atomic mass is 9.82. The molecule has 186 valence electrons. The van der Waals surface area contributed by atoms with Gasteiger partial charge in [-0.15, -0.1) is 11.3 Å². The van der Waals surface area contributed by atoms with Crippen molar-refractivity contribution in [1.82, 2.24) is 15.2 Å². The summed E-state index contributed by atoms with van der Waals surface area (Å²) in [5.41, 5.74) is -0.0347. The second-order valence-electron chi connectivity index (χ2n) is 8.47. The quantitative estimate of drug-likeness (QED) is 0.529. The van der Waals surface area contributed by atoms with Crippen molar-refractivity contribution in [2.75, 3.05) is 26.2 Å². The zero-order valence-corrected chi connectivity index (χ0v) is 19.5. The highest BCUT2D eigenvalue weighted by Gasteiger charge is 2.46. The molecule has 12 heteroatoms. The van der Waals surface area contributed by atoms with E-state index in [9.17, 15) is 22.8 Å². The minimum atomic E-state index is -3.28. The van der Waals surface area contributed by atoms with Crippen LogP contribution in [0, 0.1) is 5.82 Å². The third kappa shape index (κ3) is 5.29. The Hall–Kier alpha value is -3.09. The Labute approximate surface area is 203 Å². The van der Waals surface area contributed by atoms with Gasteiger partial charge in [0.05, 0.1) is 6.54 Å². The molecule has 0 spiro atoms. The number of thiazole rings is 1. The van der Waals surface area contributed by atoms with E-state index in [1.807, 2.05) is 0 Å². The summed E-state index contributed by atoms with van der Waals surface area (Å²) in [5, 5.41) is 14.1. The molecule has 2 N–H and O–H groups in total. The number of carbonyl (C=O) groups is 2. The van der Waals surface area contributed by atoms with Gasteiger partial charge in [0.1, 0.15) is 24.1 Å². The van der Waals surface area contributed by atoms with Crippen LogP contribution in [0.15, 0.2) is 52.1 Å². The van der Waals surface area contributed by atoms with Gasteiger partial charge in [-0.2, -0.15) is 0 Å². The molecule has 2 aliphatic heterocycles. The number of carboxylic acids is 1. The van der Waals surface area contributed by atoms with Gasteiger partial charge in [-0.05, 0) is 31.0 Å². The number of carboxylic acid groups (broad SMARTS) is 1. The maximum Gasteiger partial charge on any atom is 0.329 e. The Morgan fingerprint density at radius 1 is 1.37 bits per heavy atom. The third-order valence-electron chi connectivity index (χ3n) is 6.02. The number of aldehydes is 1. The minimum Gasteiger partial charge on any atom is -0.480 e. The number of amidine groups is 1. The number of likely N-dealkylation sites (tertiary alicyclic amines) is 1. The molecule has 35 heavy (non-hydrogen) atoms. The lowest BCUT2D eigenvalue weighted by Gasteiger charge is -2.40. The van der Waals surface area contributed by atoms with Crippen LogP contribution in [0.3, 0.4) is 0 Å². The van der Waals surface area contributed by atoms with Gasteiger partial charge in [0.25, 0.3) is 5.92 Å². The van der Waals surface area contributed by atoms with E-state index in [-0.39, 0.29) is 25.1 Å². The van der Waals surface area contributed by atoms with E-state index in [4.69, 9.17) is 14.8 Å². The van der Waals surface area contributed by atoms with Gasteiger partial charge >= 0.3 is 5.97 Å². The molecule has 1 aromatic carbocycles. The maximum atomic E-state index is 14.7. The SMILES string of the molecule is C[C@]1(c2ccc(F)cc2)N=C(c2nccs2)NC(CN2CCC(OCC(=O)O)C(F)(F)C2)=C1C=O. The summed E-state index contributed by atoms with van der Waals surface area (Å²) in [6.45, 7) is 0.418. The van der Waals surface area contributed by atoms with Crippen LogP contribution in [-0.2, 0) is 19.9 Å². The summed E-state index contributed by atoms with van der Waals surface area (Å²) in [7, 11) is 0. The van der Waals surface area contributed by atoms with Gasteiger partial charge in [-0.1, -0.05) is 12.1 Å². The number of hydrogen-bond donors (Lipinski definition) is 2. The van der Waals surface area contributed by atoms with E-state index in [0.29, 0.717) is 28.4 Å². The summed E-state index contributed by atoms with van der Waals surface area (Å²) < 4.78 is 47.9. The fraction of sp³-hybridized carbons (Fsp3) is 0.391. The molecule has 0 bridgehead atoms. The number of hydrogen-bond acceptors (Lipinski definition) is 8. The predicted octanol–water partition coefficient (Wildman–Crippen LogP) is 2.81. The van der Waals surface area contributed by atoms with Gasteiger partial charge in [0.15, 0.2) is 17.1 Å². The topological polar surface area (TPSA) is 104 Å². The Bertz CT molecular complexity index is 1150. The highest BCUT2D eigenvalue weighted by Crippen LogP contribution is 2.38. The number of alkyl halides is 2. The van der Waals surface area contributed by atoms with Crippen LogP contribution in [0.1, 0.15) is 23.9 Å². The van der Waals surface area contributed by atoms with Crippen molar-refractivity contribution >= 4 is 29.4 Å². The first kappa shape index (κ1) is 25.0. The Balaban J connectivity index is 1.65. The van der Waals surface area contributed by atoms with E-state index in [2.05, 4.69) is 10.3 Å². The molecule has 0 radical (unpaired) electrons.